The van der Waals surface area contributed by atoms with Crippen LogP contribution in [0, 0.1) is 21.4 Å². The molecule has 35 heavy (non-hydrogen) atoms. The van der Waals surface area contributed by atoms with Crippen molar-refractivity contribution in [1.82, 2.24) is 9.99 Å². The van der Waals surface area contributed by atoms with Gasteiger partial charge in [0.25, 0.3) is 14.2 Å². The Morgan fingerprint density at radius 1 is 1.09 bits per heavy atom. The van der Waals surface area contributed by atoms with E-state index in [1.807, 2.05) is 0 Å². The van der Waals surface area contributed by atoms with Gasteiger partial charge in [-0.1, -0.05) is 25.0 Å². The van der Waals surface area contributed by atoms with E-state index in [1.165, 1.54) is 6.07 Å². The molecule has 0 spiro atoms. The normalized spacial score (nSPS) is 13.0. The summed E-state index contributed by atoms with van der Waals surface area (Å²) in [5, 5.41) is 22.6. The van der Waals surface area contributed by atoms with Crippen LogP contribution in [0.4, 0.5) is 10.5 Å². The third kappa shape index (κ3) is 11.8. The zero-order chi connectivity index (χ0) is 26.2. The number of hydrogen-bond donors (Lipinski definition) is 1. The fourth-order valence-corrected chi connectivity index (χ4v) is 5.12. The Labute approximate surface area is 210 Å². The maximum Gasteiger partial charge on any atom is 0.407 e. The first kappa shape index (κ1) is 30.7. The Morgan fingerprint density at radius 3 is 2.34 bits per heavy atom. The summed E-state index contributed by atoms with van der Waals surface area (Å²) in [5.74, 6) is 0. The average molecular weight is 511 g/mol. The number of nitrogens with one attached hydrogen (secondary N) is 1. The SMILES string of the molecule is CC(OC(=O)NCCCCCCOP(OCCC#N)N(C(C)C)C(C)C)c1ccccc1[N+](=O)[O-]. The molecular formula is C24H39N4O6P. The highest BCUT2D eigenvalue weighted by Gasteiger charge is 2.27. The Bertz CT molecular complexity index is 809. The van der Waals surface area contributed by atoms with Crippen molar-refractivity contribution in [3.63, 3.8) is 0 Å². The molecule has 1 N–H and O–H groups in total. The fourth-order valence-electron chi connectivity index (χ4n) is 3.49. The summed E-state index contributed by atoms with van der Waals surface area (Å²) in [7, 11) is -1.22. The molecule has 0 aliphatic rings. The predicted molar refractivity (Wildman–Crippen MR) is 136 cm³/mol. The number of benzene rings is 1. The van der Waals surface area contributed by atoms with E-state index in [-0.39, 0.29) is 17.8 Å². The quantitative estimate of drug-likeness (QED) is 0.113. The molecule has 0 radical (unpaired) electrons. The zero-order valence-corrected chi connectivity index (χ0v) is 22.3. The smallest absolute Gasteiger partial charge is 0.407 e. The van der Waals surface area contributed by atoms with Crippen LogP contribution in [0.1, 0.15) is 78.4 Å². The van der Waals surface area contributed by atoms with Crippen molar-refractivity contribution >= 4 is 20.3 Å². The molecule has 0 bridgehead atoms. The van der Waals surface area contributed by atoms with Crippen LogP contribution in [0.2, 0.25) is 0 Å². The second-order valence-corrected chi connectivity index (χ2v) is 10.0. The number of unbranched alkanes of at least 4 members (excludes halogenated alkanes) is 3. The molecule has 0 aliphatic heterocycles. The third-order valence-corrected chi connectivity index (χ3v) is 7.17. The van der Waals surface area contributed by atoms with Crippen molar-refractivity contribution in [2.75, 3.05) is 19.8 Å². The highest BCUT2D eigenvalue weighted by Crippen LogP contribution is 2.46. The molecule has 0 aromatic heterocycles. The molecule has 1 rings (SSSR count). The van der Waals surface area contributed by atoms with E-state index in [1.54, 1.807) is 25.1 Å². The van der Waals surface area contributed by atoms with E-state index >= 15 is 0 Å². The first-order valence-corrected chi connectivity index (χ1v) is 13.2. The highest BCUT2D eigenvalue weighted by molar-refractivity contribution is 7.44. The Balaban J connectivity index is 2.30. The molecular weight excluding hydrogens is 471 g/mol. The van der Waals surface area contributed by atoms with Crippen LogP contribution in [-0.4, -0.2) is 47.5 Å². The molecule has 1 amide bonds. The second-order valence-electron chi connectivity index (χ2n) is 8.58. The number of para-hydroxylation sites is 1. The number of ether oxygens (including phenoxy) is 1. The van der Waals surface area contributed by atoms with Crippen LogP contribution in [0.3, 0.4) is 0 Å². The summed E-state index contributed by atoms with van der Waals surface area (Å²) in [5.41, 5.74) is 0.289. The van der Waals surface area contributed by atoms with Crippen LogP contribution in [0.15, 0.2) is 24.3 Å². The maximum absolute atomic E-state index is 12.0. The van der Waals surface area contributed by atoms with Gasteiger partial charge in [0.1, 0.15) is 6.10 Å². The van der Waals surface area contributed by atoms with E-state index < -0.39 is 25.6 Å². The standard InChI is InChI=1S/C24H39N4O6P/c1-19(2)27(20(3)4)35(33-18-12-15-25)32-17-11-7-6-10-16-26-24(29)34-21(5)22-13-8-9-14-23(22)28(30)31/h8-9,13-14,19-21H,6-7,10-12,16-18H2,1-5H3,(H,26,29). The first-order valence-electron chi connectivity index (χ1n) is 12.1. The maximum atomic E-state index is 12.0. The molecule has 0 saturated heterocycles. The lowest BCUT2D eigenvalue weighted by Gasteiger charge is -2.35. The Kier molecular flexibility index (Phi) is 15.1. The lowest BCUT2D eigenvalue weighted by atomic mass is 10.1. The summed E-state index contributed by atoms with van der Waals surface area (Å²) in [4.78, 5) is 22.7. The molecule has 11 heteroatoms. The van der Waals surface area contributed by atoms with Crippen molar-refractivity contribution in [2.24, 2.45) is 0 Å². The summed E-state index contributed by atoms with van der Waals surface area (Å²) >= 11 is 0. The monoisotopic (exact) mass is 510 g/mol. The lowest BCUT2D eigenvalue weighted by Crippen LogP contribution is -2.33. The number of alkyl carbamates (subject to hydrolysis) is 1. The number of rotatable bonds is 17. The van der Waals surface area contributed by atoms with Crippen molar-refractivity contribution < 1.29 is 23.5 Å². The molecule has 1 aromatic rings. The van der Waals surface area contributed by atoms with Gasteiger partial charge in [-0.15, -0.1) is 0 Å². The van der Waals surface area contributed by atoms with Crippen LogP contribution in [-0.2, 0) is 13.8 Å². The minimum atomic E-state index is -1.22. The Hall–Kier alpha value is -2.31. The topological polar surface area (TPSA) is 127 Å². The minimum Gasteiger partial charge on any atom is -0.441 e. The number of carbonyl (C=O) groups is 1. The molecule has 0 saturated carbocycles. The molecule has 2 atom stereocenters. The first-order chi connectivity index (χ1) is 16.7. The third-order valence-electron chi connectivity index (χ3n) is 5.06. The van der Waals surface area contributed by atoms with E-state index in [0.717, 1.165) is 25.7 Å². The molecule has 10 nitrogen and oxygen atoms in total. The number of nitriles is 1. The molecule has 1 aromatic carbocycles. The predicted octanol–water partition coefficient (Wildman–Crippen LogP) is 6.23. The van der Waals surface area contributed by atoms with Gasteiger partial charge in [-0.05, 0) is 53.5 Å². The summed E-state index contributed by atoms with van der Waals surface area (Å²) in [6, 6.07) is 8.86. The van der Waals surface area contributed by atoms with Crippen molar-refractivity contribution in [3.05, 3.63) is 39.9 Å². The molecule has 196 valence electrons. The summed E-state index contributed by atoms with van der Waals surface area (Å²) in [6.45, 7) is 11.4. The summed E-state index contributed by atoms with van der Waals surface area (Å²) in [6.07, 6.45) is 2.51. The molecule has 0 heterocycles. The van der Waals surface area contributed by atoms with E-state index in [0.29, 0.717) is 31.7 Å². The van der Waals surface area contributed by atoms with Gasteiger partial charge in [0.15, 0.2) is 0 Å². The van der Waals surface area contributed by atoms with Crippen LogP contribution >= 0.6 is 8.53 Å². The van der Waals surface area contributed by atoms with Gasteiger partial charge < -0.3 is 19.1 Å². The number of nitrogens with zero attached hydrogens (tertiary/aromatic N) is 3. The van der Waals surface area contributed by atoms with Gasteiger partial charge in [-0.25, -0.2) is 9.46 Å². The number of carbonyl (C=O) groups excluding carboxylic acids is 1. The largest absolute Gasteiger partial charge is 0.441 e. The number of amides is 1. The van der Waals surface area contributed by atoms with Gasteiger partial charge in [0.2, 0.25) is 0 Å². The molecule has 2 unspecified atom stereocenters. The van der Waals surface area contributed by atoms with Crippen LogP contribution < -0.4 is 5.32 Å². The lowest BCUT2D eigenvalue weighted by molar-refractivity contribution is -0.386. The van der Waals surface area contributed by atoms with Gasteiger partial charge in [0, 0.05) is 24.7 Å². The average Bonchev–Trinajstić information content (AvgIpc) is 2.80. The molecule has 0 aliphatic carbocycles. The van der Waals surface area contributed by atoms with E-state index in [4.69, 9.17) is 19.0 Å². The van der Waals surface area contributed by atoms with Crippen molar-refractivity contribution in [3.8, 4) is 6.07 Å². The van der Waals surface area contributed by atoms with Crippen molar-refractivity contribution in [2.45, 2.75) is 84.9 Å². The summed E-state index contributed by atoms with van der Waals surface area (Å²) < 4.78 is 19.4. The van der Waals surface area contributed by atoms with Crippen LogP contribution in [0.25, 0.3) is 0 Å². The Morgan fingerprint density at radius 2 is 1.71 bits per heavy atom. The molecule has 0 fully saturated rings. The zero-order valence-electron chi connectivity index (χ0n) is 21.4. The van der Waals surface area contributed by atoms with Gasteiger partial charge in [0.05, 0.1) is 36.2 Å². The van der Waals surface area contributed by atoms with Crippen molar-refractivity contribution in [1.29, 1.82) is 5.26 Å². The number of hydrogen-bond acceptors (Lipinski definition) is 8. The highest BCUT2D eigenvalue weighted by atomic mass is 31.2. The van der Waals surface area contributed by atoms with Gasteiger partial charge in [-0.3, -0.25) is 10.1 Å². The van der Waals surface area contributed by atoms with Gasteiger partial charge >= 0.3 is 6.09 Å². The number of nitro benzene ring substituents is 1. The minimum absolute atomic E-state index is 0.0703. The van der Waals surface area contributed by atoms with Gasteiger partial charge in [-0.2, -0.15) is 5.26 Å². The fraction of sp³-hybridized carbons (Fsp3) is 0.667. The van der Waals surface area contributed by atoms with E-state index in [9.17, 15) is 14.9 Å². The second kappa shape index (κ2) is 17.2. The number of nitro groups is 1. The van der Waals surface area contributed by atoms with E-state index in [2.05, 4.69) is 43.8 Å². The van der Waals surface area contributed by atoms with Crippen LogP contribution in [0.5, 0.6) is 0 Å².